The van der Waals surface area contributed by atoms with Gasteiger partial charge in [0.2, 0.25) is 5.75 Å². The van der Waals surface area contributed by atoms with Crippen molar-refractivity contribution in [2.75, 3.05) is 0 Å². The molecule has 0 unspecified atom stereocenters. The van der Waals surface area contributed by atoms with Gasteiger partial charge in [0.25, 0.3) is 0 Å². The predicted molar refractivity (Wildman–Crippen MR) is 85.6 cm³/mol. The van der Waals surface area contributed by atoms with Crippen LogP contribution in [0, 0.1) is 24.0 Å². The molecule has 2 aromatic carbocycles. The quantitative estimate of drug-likeness (QED) is 0.506. The van der Waals surface area contributed by atoms with Crippen LogP contribution in [0.1, 0.15) is 16.7 Å². The van der Waals surface area contributed by atoms with Crippen molar-refractivity contribution in [3.63, 3.8) is 0 Å². The topological polar surface area (TPSA) is 75.7 Å². The summed E-state index contributed by atoms with van der Waals surface area (Å²) in [4.78, 5) is 14.5. The lowest BCUT2D eigenvalue weighted by Crippen LogP contribution is -1.92. The van der Waals surface area contributed by atoms with Crippen LogP contribution >= 0.6 is 15.9 Å². The van der Waals surface area contributed by atoms with Gasteiger partial charge in [0.15, 0.2) is 0 Å². The van der Waals surface area contributed by atoms with Crippen molar-refractivity contribution < 1.29 is 10.0 Å². The first-order valence-electron chi connectivity index (χ1n) is 6.16. The Bertz CT molecular complexity index is 742. The number of aliphatic imine (C=N–C) groups is 1. The van der Waals surface area contributed by atoms with Gasteiger partial charge in [-0.1, -0.05) is 33.6 Å². The monoisotopic (exact) mass is 348 g/mol. The third-order valence-electron chi connectivity index (χ3n) is 2.98. The summed E-state index contributed by atoms with van der Waals surface area (Å²) < 4.78 is 0.508. The average molecular weight is 349 g/mol. The lowest BCUT2D eigenvalue weighted by molar-refractivity contribution is -0.385. The van der Waals surface area contributed by atoms with Crippen molar-refractivity contribution in [1.82, 2.24) is 0 Å². The number of aryl methyl sites for hydroxylation is 2. The maximum atomic E-state index is 10.9. The first-order chi connectivity index (χ1) is 9.88. The molecular formula is C15H13BrN2O3. The number of nitro groups is 1. The molecule has 0 radical (unpaired) electrons. The molecule has 0 heterocycles. The number of halogens is 1. The number of nitro benzene ring substituents is 1. The molecule has 6 heteroatoms. The number of aromatic hydroxyl groups is 1. The molecule has 0 atom stereocenters. The second-order valence-electron chi connectivity index (χ2n) is 4.67. The van der Waals surface area contributed by atoms with Crippen molar-refractivity contribution in [3.8, 4) is 5.75 Å². The molecule has 5 nitrogen and oxygen atoms in total. The van der Waals surface area contributed by atoms with Crippen molar-refractivity contribution in [3.05, 3.63) is 61.6 Å². The zero-order valence-electron chi connectivity index (χ0n) is 11.5. The van der Waals surface area contributed by atoms with E-state index >= 15 is 0 Å². The standard InChI is InChI=1S/C15H13BrN2O3/c1-9-3-4-13(10(2)5-9)17-8-11-6-12(16)7-14(15(11)19)18(20)21/h3-8,19H,1-2H3. The Balaban J connectivity index is 2.43. The van der Waals surface area contributed by atoms with Crippen molar-refractivity contribution >= 4 is 33.5 Å². The Kier molecular flexibility index (Phi) is 4.37. The summed E-state index contributed by atoms with van der Waals surface area (Å²) in [6, 6.07) is 8.63. The number of benzene rings is 2. The molecule has 0 aliphatic carbocycles. The summed E-state index contributed by atoms with van der Waals surface area (Å²) in [6.45, 7) is 3.92. The first kappa shape index (κ1) is 15.2. The minimum absolute atomic E-state index is 0.288. The molecule has 0 aromatic heterocycles. The summed E-state index contributed by atoms with van der Waals surface area (Å²) in [6.07, 6.45) is 1.42. The third-order valence-corrected chi connectivity index (χ3v) is 3.43. The molecule has 0 aliphatic rings. The van der Waals surface area contributed by atoms with Gasteiger partial charge in [0.05, 0.1) is 10.6 Å². The summed E-state index contributed by atoms with van der Waals surface area (Å²) in [5, 5.41) is 20.8. The van der Waals surface area contributed by atoms with Crippen molar-refractivity contribution in [1.29, 1.82) is 0 Å². The molecule has 108 valence electrons. The van der Waals surface area contributed by atoms with Crippen LogP contribution < -0.4 is 0 Å². The van der Waals surface area contributed by atoms with E-state index in [1.807, 2.05) is 32.0 Å². The average Bonchev–Trinajstić information content (AvgIpc) is 2.40. The Morgan fingerprint density at radius 1 is 1.29 bits per heavy atom. The minimum Gasteiger partial charge on any atom is -0.502 e. The molecule has 1 N–H and O–H groups in total. The highest BCUT2D eigenvalue weighted by Gasteiger charge is 2.17. The van der Waals surface area contributed by atoms with E-state index in [1.54, 1.807) is 6.07 Å². The van der Waals surface area contributed by atoms with Crippen LogP contribution in [0.15, 0.2) is 39.8 Å². The highest BCUT2D eigenvalue weighted by molar-refractivity contribution is 9.10. The fourth-order valence-electron chi connectivity index (χ4n) is 1.93. The number of hydrogen-bond acceptors (Lipinski definition) is 4. The fourth-order valence-corrected chi connectivity index (χ4v) is 2.40. The number of hydrogen-bond donors (Lipinski definition) is 1. The van der Waals surface area contributed by atoms with E-state index in [2.05, 4.69) is 20.9 Å². The first-order valence-corrected chi connectivity index (χ1v) is 6.96. The molecular weight excluding hydrogens is 336 g/mol. The largest absolute Gasteiger partial charge is 0.502 e. The molecule has 0 amide bonds. The van der Waals surface area contributed by atoms with Gasteiger partial charge in [-0.15, -0.1) is 0 Å². The normalized spacial score (nSPS) is 11.0. The van der Waals surface area contributed by atoms with Crippen LogP contribution in [-0.2, 0) is 0 Å². The minimum atomic E-state index is -0.630. The molecule has 0 saturated carbocycles. The van der Waals surface area contributed by atoms with Crippen molar-refractivity contribution in [2.24, 2.45) is 4.99 Å². The fraction of sp³-hybridized carbons (Fsp3) is 0.133. The van der Waals surface area contributed by atoms with Gasteiger partial charge in [-0.25, -0.2) is 0 Å². The van der Waals surface area contributed by atoms with Gasteiger partial charge in [0, 0.05) is 22.3 Å². The van der Waals surface area contributed by atoms with Crippen LogP contribution in [0.2, 0.25) is 0 Å². The van der Waals surface area contributed by atoms with Crippen LogP contribution in [0.4, 0.5) is 11.4 Å². The Morgan fingerprint density at radius 2 is 2.00 bits per heavy atom. The molecule has 0 spiro atoms. The van der Waals surface area contributed by atoms with E-state index in [9.17, 15) is 15.2 Å². The summed E-state index contributed by atoms with van der Waals surface area (Å²) >= 11 is 3.19. The number of phenols is 1. The van der Waals surface area contributed by atoms with Gasteiger partial charge >= 0.3 is 5.69 Å². The van der Waals surface area contributed by atoms with Gasteiger partial charge in [0.1, 0.15) is 0 Å². The van der Waals surface area contributed by atoms with E-state index in [-0.39, 0.29) is 11.3 Å². The van der Waals surface area contributed by atoms with Gasteiger partial charge in [-0.2, -0.15) is 0 Å². The second kappa shape index (κ2) is 6.05. The van der Waals surface area contributed by atoms with Crippen LogP contribution in [0.25, 0.3) is 0 Å². The van der Waals surface area contributed by atoms with Crippen molar-refractivity contribution in [2.45, 2.75) is 13.8 Å². The highest BCUT2D eigenvalue weighted by Crippen LogP contribution is 2.32. The predicted octanol–water partition coefficient (Wildman–Crippen LogP) is 4.43. The SMILES string of the molecule is Cc1ccc(N=Cc2cc(Br)cc([N+](=O)[O-])c2O)c(C)c1. The Morgan fingerprint density at radius 3 is 2.62 bits per heavy atom. The number of rotatable bonds is 3. The maximum Gasteiger partial charge on any atom is 0.312 e. The third kappa shape index (κ3) is 3.46. The smallest absolute Gasteiger partial charge is 0.312 e. The van der Waals surface area contributed by atoms with E-state index in [0.29, 0.717) is 4.47 Å². The summed E-state index contributed by atoms with van der Waals surface area (Å²) in [5.41, 5.74) is 2.81. The second-order valence-corrected chi connectivity index (χ2v) is 5.58. The molecule has 0 fully saturated rings. The molecule has 21 heavy (non-hydrogen) atoms. The lowest BCUT2D eigenvalue weighted by Gasteiger charge is -2.03. The Hall–Kier alpha value is -2.21. The lowest BCUT2D eigenvalue weighted by atomic mass is 10.1. The zero-order valence-corrected chi connectivity index (χ0v) is 13.1. The van der Waals surface area contributed by atoms with E-state index in [0.717, 1.165) is 16.8 Å². The zero-order chi connectivity index (χ0) is 15.6. The van der Waals surface area contributed by atoms with E-state index < -0.39 is 10.7 Å². The molecule has 2 aromatic rings. The number of phenolic OH excluding ortho intramolecular Hbond substituents is 1. The van der Waals surface area contributed by atoms with Gasteiger partial charge in [-0.05, 0) is 31.5 Å². The highest BCUT2D eigenvalue weighted by atomic mass is 79.9. The molecule has 2 rings (SSSR count). The van der Waals surface area contributed by atoms with Gasteiger partial charge in [-0.3, -0.25) is 15.1 Å². The summed E-state index contributed by atoms with van der Waals surface area (Å²) in [7, 11) is 0. The van der Waals surface area contributed by atoms with E-state index in [4.69, 9.17) is 0 Å². The van der Waals surface area contributed by atoms with Crippen LogP contribution in [0.3, 0.4) is 0 Å². The maximum absolute atomic E-state index is 10.9. The molecule has 0 bridgehead atoms. The van der Waals surface area contributed by atoms with Gasteiger partial charge < -0.3 is 5.11 Å². The molecule has 0 aliphatic heterocycles. The van der Waals surface area contributed by atoms with Crippen LogP contribution in [-0.4, -0.2) is 16.2 Å². The number of nitrogens with zero attached hydrogens (tertiary/aromatic N) is 2. The molecule has 0 saturated heterocycles. The van der Waals surface area contributed by atoms with E-state index in [1.165, 1.54) is 12.3 Å². The summed E-state index contributed by atoms with van der Waals surface area (Å²) in [5.74, 6) is -0.392. The van der Waals surface area contributed by atoms with Crippen LogP contribution in [0.5, 0.6) is 5.75 Å². The Labute approximate surface area is 130 Å².